The fraction of sp³-hybridized carbons (Fsp3) is 0.217. The molecule has 0 N–H and O–H groups in total. The molecule has 3 rings (SSSR count). The highest BCUT2D eigenvalue weighted by Crippen LogP contribution is 2.25. The van der Waals surface area contributed by atoms with E-state index in [9.17, 15) is 4.79 Å². The number of nitrogens with zero attached hydrogens (tertiary/aromatic N) is 2. The Labute approximate surface area is 160 Å². The summed E-state index contributed by atoms with van der Waals surface area (Å²) in [6, 6.07) is 20.4. The zero-order valence-electron chi connectivity index (χ0n) is 15.7. The van der Waals surface area contributed by atoms with Gasteiger partial charge in [0.25, 0.3) is 0 Å². The van der Waals surface area contributed by atoms with Crippen LogP contribution in [0.3, 0.4) is 0 Å². The van der Waals surface area contributed by atoms with Gasteiger partial charge in [0.05, 0.1) is 18.4 Å². The summed E-state index contributed by atoms with van der Waals surface area (Å²) in [5.41, 5.74) is 4.01. The third kappa shape index (κ3) is 4.94. The number of benzene rings is 2. The average Bonchev–Trinajstić information content (AvgIpc) is 3.12. The molecular formula is C23H24N2O2. The van der Waals surface area contributed by atoms with Crippen molar-refractivity contribution in [2.45, 2.75) is 26.3 Å². The Balaban J connectivity index is 1.86. The van der Waals surface area contributed by atoms with Gasteiger partial charge >= 0.3 is 5.97 Å². The second-order valence-corrected chi connectivity index (χ2v) is 6.34. The molecule has 0 aliphatic carbocycles. The number of ether oxygens (including phenoxy) is 1. The first-order valence-electron chi connectivity index (χ1n) is 9.18. The molecule has 1 aliphatic heterocycles. The highest BCUT2D eigenvalue weighted by atomic mass is 16.5. The van der Waals surface area contributed by atoms with Gasteiger partial charge in [-0.3, -0.25) is 5.01 Å². The molecule has 4 nitrogen and oxygen atoms in total. The first kappa shape index (κ1) is 18.6. The quantitative estimate of drug-likeness (QED) is 0.556. The Kier molecular flexibility index (Phi) is 6.21. The van der Waals surface area contributed by atoms with Gasteiger partial charge in [-0.2, -0.15) is 5.10 Å². The van der Waals surface area contributed by atoms with E-state index in [-0.39, 0.29) is 12.0 Å². The monoisotopic (exact) mass is 360 g/mol. The van der Waals surface area contributed by atoms with Crippen molar-refractivity contribution in [1.82, 2.24) is 5.01 Å². The van der Waals surface area contributed by atoms with Gasteiger partial charge in [0.15, 0.2) is 0 Å². The Morgan fingerprint density at radius 1 is 1.15 bits per heavy atom. The topological polar surface area (TPSA) is 41.9 Å². The minimum atomic E-state index is -0.343. The highest BCUT2D eigenvalue weighted by Gasteiger charge is 2.26. The van der Waals surface area contributed by atoms with E-state index in [1.165, 1.54) is 6.08 Å². The van der Waals surface area contributed by atoms with E-state index in [4.69, 9.17) is 9.84 Å². The number of carbonyl (C=O) groups excluding carboxylic acids is 1. The molecule has 4 heteroatoms. The average molecular weight is 360 g/mol. The van der Waals surface area contributed by atoms with Crippen molar-refractivity contribution in [3.05, 3.63) is 89.6 Å². The van der Waals surface area contributed by atoms with E-state index < -0.39 is 0 Å². The minimum Gasteiger partial charge on any atom is -0.463 e. The van der Waals surface area contributed by atoms with Gasteiger partial charge in [-0.25, -0.2) is 4.79 Å². The van der Waals surface area contributed by atoms with Crippen LogP contribution in [-0.4, -0.2) is 29.3 Å². The maximum atomic E-state index is 11.9. The van der Waals surface area contributed by atoms with Gasteiger partial charge in [0.2, 0.25) is 0 Å². The van der Waals surface area contributed by atoms with Gasteiger partial charge in [-0.15, -0.1) is 0 Å². The molecule has 0 aromatic heterocycles. The number of hydrogen-bond donors (Lipinski definition) is 0. The van der Waals surface area contributed by atoms with E-state index in [2.05, 4.69) is 36.4 Å². The van der Waals surface area contributed by atoms with Gasteiger partial charge in [0.1, 0.15) is 0 Å². The summed E-state index contributed by atoms with van der Waals surface area (Å²) in [4.78, 5) is 11.9. The number of carbonyl (C=O) groups is 1. The Morgan fingerprint density at radius 2 is 1.81 bits per heavy atom. The molecule has 2 aromatic carbocycles. The lowest BCUT2D eigenvalue weighted by Gasteiger charge is -2.21. The zero-order valence-corrected chi connectivity index (χ0v) is 15.7. The van der Waals surface area contributed by atoms with Gasteiger partial charge in [-0.1, -0.05) is 72.8 Å². The molecule has 2 aromatic rings. The normalized spacial score (nSPS) is 17.3. The summed E-state index contributed by atoms with van der Waals surface area (Å²) < 4.78 is 5.04. The van der Waals surface area contributed by atoms with Crippen LogP contribution in [0.4, 0.5) is 0 Å². The van der Waals surface area contributed by atoms with Crippen LogP contribution in [-0.2, 0) is 9.53 Å². The second-order valence-electron chi connectivity index (χ2n) is 6.34. The second kappa shape index (κ2) is 8.99. The Hall–Kier alpha value is -3.14. The number of allylic oxidation sites excluding steroid dienone is 1. The van der Waals surface area contributed by atoms with Gasteiger partial charge in [-0.05, 0) is 25.0 Å². The summed E-state index contributed by atoms with van der Waals surface area (Å²) in [7, 11) is 0. The van der Waals surface area contributed by atoms with Gasteiger partial charge < -0.3 is 4.74 Å². The third-order valence-electron chi connectivity index (χ3n) is 4.34. The maximum Gasteiger partial charge on any atom is 0.332 e. The largest absolute Gasteiger partial charge is 0.463 e. The number of hydrazone groups is 1. The lowest BCUT2D eigenvalue weighted by Crippen LogP contribution is -2.23. The lowest BCUT2D eigenvalue weighted by molar-refractivity contribution is -0.137. The van der Waals surface area contributed by atoms with E-state index >= 15 is 0 Å². The van der Waals surface area contributed by atoms with Crippen LogP contribution in [0.25, 0.3) is 6.08 Å². The maximum absolute atomic E-state index is 11.9. The SMILES string of the molecule is CCOC(=O)/C=C(\C)N1N=C(c2ccccc2)C[C@@H]1/C=C/c1ccccc1. The molecule has 0 saturated carbocycles. The standard InChI is InChI=1S/C23H24N2O2/c1-3-27-23(26)16-18(2)25-21(15-14-19-10-6-4-7-11-19)17-22(24-25)20-12-8-5-9-13-20/h4-16,21H,3,17H2,1-2H3/b15-14+,18-16+/t21-/m0/s1. The molecule has 1 aliphatic rings. The molecule has 138 valence electrons. The van der Waals surface area contributed by atoms with E-state index in [1.807, 2.05) is 48.3 Å². The number of esters is 1. The fourth-order valence-corrected chi connectivity index (χ4v) is 3.03. The van der Waals surface area contributed by atoms with Crippen molar-refractivity contribution in [3.8, 4) is 0 Å². The van der Waals surface area contributed by atoms with Crippen molar-refractivity contribution in [2.75, 3.05) is 6.61 Å². The van der Waals surface area contributed by atoms with Crippen LogP contribution in [0.15, 0.2) is 83.6 Å². The van der Waals surface area contributed by atoms with Crippen molar-refractivity contribution in [1.29, 1.82) is 0 Å². The van der Waals surface area contributed by atoms with Gasteiger partial charge in [0, 0.05) is 18.2 Å². The van der Waals surface area contributed by atoms with E-state index in [0.717, 1.165) is 29.0 Å². The van der Waals surface area contributed by atoms with E-state index in [0.29, 0.717) is 6.61 Å². The third-order valence-corrected chi connectivity index (χ3v) is 4.34. The lowest BCUT2D eigenvalue weighted by atomic mass is 10.0. The van der Waals surface area contributed by atoms with Crippen LogP contribution < -0.4 is 0 Å². The van der Waals surface area contributed by atoms with Crippen LogP contribution >= 0.6 is 0 Å². The molecule has 0 bridgehead atoms. The summed E-state index contributed by atoms with van der Waals surface area (Å²) in [5.74, 6) is -0.343. The Bertz CT molecular complexity index is 854. The molecule has 0 unspecified atom stereocenters. The predicted molar refractivity (Wildman–Crippen MR) is 109 cm³/mol. The summed E-state index contributed by atoms with van der Waals surface area (Å²) in [5, 5.41) is 6.69. The van der Waals surface area contributed by atoms with Crippen molar-refractivity contribution < 1.29 is 9.53 Å². The van der Waals surface area contributed by atoms with Crippen LogP contribution in [0.1, 0.15) is 31.4 Å². The zero-order chi connectivity index (χ0) is 19.1. The van der Waals surface area contributed by atoms with Crippen molar-refractivity contribution in [2.24, 2.45) is 5.10 Å². The number of rotatable bonds is 6. The molecule has 1 atom stereocenters. The molecule has 27 heavy (non-hydrogen) atoms. The summed E-state index contributed by atoms with van der Waals surface area (Å²) in [6.45, 7) is 4.05. The molecule has 0 spiro atoms. The molecule has 0 radical (unpaired) electrons. The Morgan fingerprint density at radius 3 is 2.48 bits per heavy atom. The molecule has 0 amide bonds. The molecule has 0 saturated heterocycles. The summed E-state index contributed by atoms with van der Waals surface area (Å²) >= 11 is 0. The first-order chi connectivity index (χ1) is 13.2. The van der Waals surface area contributed by atoms with Crippen LogP contribution in [0.2, 0.25) is 0 Å². The fourth-order valence-electron chi connectivity index (χ4n) is 3.03. The van der Waals surface area contributed by atoms with Crippen molar-refractivity contribution in [3.63, 3.8) is 0 Å². The smallest absolute Gasteiger partial charge is 0.332 e. The van der Waals surface area contributed by atoms with Crippen molar-refractivity contribution >= 4 is 17.8 Å². The number of hydrogen-bond acceptors (Lipinski definition) is 4. The first-order valence-corrected chi connectivity index (χ1v) is 9.18. The minimum absolute atomic E-state index is 0.0473. The molecule has 0 fully saturated rings. The van der Waals surface area contributed by atoms with Crippen LogP contribution in [0, 0.1) is 0 Å². The summed E-state index contributed by atoms with van der Waals surface area (Å²) in [6.07, 6.45) is 6.52. The van der Waals surface area contributed by atoms with E-state index in [1.54, 1.807) is 6.92 Å². The molecular weight excluding hydrogens is 336 g/mol. The van der Waals surface area contributed by atoms with Crippen LogP contribution in [0.5, 0.6) is 0 Å². The molecule has 1 heterocycles. The highest BCUT2D eigenvalue weighted by molar-refractivity contribution is 6.02. The predicted octanol–water partition coefficient (Wildman–Crippen LogP) is 4.65.